The number of thiazole rings is 1. The van der Waals surface area contributed by atoms with Crippen molar-refractivity contribution in [3.63, 3.8) is 0 Å². The number of rotatable bonds is 3. The van der Waals surface area contributed by atoms with E-state index >= 15 is 0 Å². The van der Waals surface area contributed by atoms with Gasteiger partial charge in [0.05, 0.1) is 16.2 Å². The summed E-state index contributed by atoms with van der Waals surface area (Å²) in [7, 11) is -4.04. The number of sulfonamides is 1. The van der Waals surface area contributed by atoms with E-state index in [1.807, 2.05) is 0 Å². The van der Waals surface area contributed by atoms with Crippen LogP contribution in [0.5, 0.6) is 0 Å². The molecule has 2 aromatic carbocycles. The Bertz CT molecular complexity index is 1120. The molecular formula is C17H12F4N2O2S2. The molecule has 4 nitrogen and oxygen atoms in total. The quantitative estimate of drug-likeness (QED) is 0.635. The zero-order valence-corrected chi connectivity index (χ0v) is 15.3. The Morgan fingerprint density at radius 2 is 1.78 bits per heavy atom. The van der Waals surface area contributed by atoms with Crippen molar-refractivity contribution >= 4 is 21.4 Å². The molecule has 0 aliphatic heterocycles. The first kappa shape index (κ1) is 19.5. The lowest BCUT2D eigenvalue weighted by atomic mass is 10.1. The van der Waals surface area contributed by atoms with Crippen LogP contribution < -0.4 is 5.14 Å². The number of hydrogen-bond donors (Lipinski definition) is 1. The van der Waals surface area contributed by atoms with Gasteiger partial charge in [0.2, 0.25) is 10.0 Å². The van der Waals surface area contributed by atoms with Gasteiger partial charge in [0.1, 0.15) is 10.8 Å². The minimum absolute atomic E-state index is 0.0273. The molecule has 0 fully saturated rings. The van der Waals surface area contributed by atoms with Crippen LogP contribution in [0.25, 0.3) is 21.8 Å². The van der Waals surface area contributed by atoms with Crippen molar-refractivity contribution in [2.45, 2.75) is 18.0 Å². The van der Waals surface area contributed by atoms with Crippen LogP contribution in [0.1, 0.15) is 11.1 Å². The molecule has 0 bridgehead atoms. The number of aromatic nitrogens is 1. The highest BCUT2D eigenvalue weighted by molar-refractivity contribution is 7.89. The normalized spacial score (nSPS) is 12.4. The van der Waals surface area contributed by atoms with E-state index in [4.69, 9.17) is 5.14 Å². The molecule has 0 atom stereocenters. The fourth-order valence-corrected chi connectivity index (χ4v) is 4.11. The Labute approximate surface area is 156 Å². The number of halogens is 4. The SMILES string of the molecule is Cc1ccc(S(N)(=O)=O)c(-c2nc(-c3cc(C(F)(F)F)ccc3F)cs2)c1. The van der Waals surface area contributed by atoms with Crippen LogP contribution in [-0.2, 0) is 16.2 Å². The average Bonchev–Trinajstić information content (AvgIpc) is 3.02. The third-order valence-corrected chi connectivity index (χ3v) is 5.59. The van der Waals surface area contributed by atoms with Crippen molar-refractivity contribution in [1.29, 1.82) is 0 Å². The fourth-order valence-electron chi connectivity index (χ4n) is 2.48. The third kappa shape index (κ3) is 4.02. The van der Waals surface area contributed by atoms with Gasteiger partial charge in [-0.2, -0.15) is 13.2 Å². The summed E-state index contributed by atoms with van der Waals surface area (Å²) in [5.74, 6) is -0.865. The Morgan fingerprint density at radius 3 is 2.41 bits per heavy atom. The van der Waals surface area contributed by atoms with E-state index < -0.39 is 27.6 Å². The van der Waals surface area contributed by atoms with Crippen molar-refractivity contribution in [1.82, 2.24) is 4.98 Å². The predicted molar refractivity (Wildman–Crippen MR) is 94.1 cm³/mol. The lowest BCUT2D eigenvalue weighted by molar-refractivity contribution is -0.137. The second kappa shape index (κ2) is 6.70. The lowest BCUT2D eigenvalue weighted by Gasteiger charge is -2.09. The number of alkyl halides is 3. The van der Waals surface area contributed by atoms with E-state index in [2.05, 4.69) is 4.98 Å². The maximum Gasteiger partial charge on any atom is 0.416 e. The molecule has 1 heterocycles. The maximum atomic E-state index is 14.1. The van der Waals surface area contributed by atoms with Gasteiger partial charge in [-0.05, 0) is 37.3 Å². The molecular weight excluding hydrogens is 404 g/mol. The standard InChI is InChI=1S/C17H12F4N2O2S2/c1-9-2-5-15(27(22,24)25)12(6-9)16-23-14(8-26-16)11-7-10(17(19,20)21)3-4-13(11)18/h2-8H,1H3,(H2,22,24,25). The largest absolute Gasteiger partial charge is 0.416 e. The highest BCUT2D eigenvalue weighted by Gasteiger charge is 2.31. The Morgan fingerprint density at radius 1 is 1.07 bits per heavy atom. The van der Waals surface area contributed by atoms with Crippen LogP contribution in [0, 0.1) is 12.7 Å². The molecule has 2 N–H and O–H groups in total. The Hall–Kier alpha value is -2.30. The van der Waals surface area contributed by atoms with Crippen LogP contribution in [-0.4, -0.2) is 13.4 Å². The second-order valence-corrected chi connectivity index (χ2v) is 8.16. The van der Waals surface area contributed by atoms with Gasteiger partial charge in [0, 0.05) is 16.5 Å². The Balaban J connectivity index is 2.14. The van der Waals surface area contributed by atoms with Gasteiger partial charge in [-0.25, -0.2) is 22.9 Å². The van der Waals surface area contributed by atoms with E-state index in [1.165, 1.54) is 11.4 Å². The summed E-state index contributed by atoms with van der Waals surface area (Å²) in [5, 5.41) is 6.79. The molecule has 0 spiro atoms. The first-order chi connectivity index (χ1) is 12.5. The number of hydrogen-bond acceptors (Lipinski definition) is 4. The van der Waals surface area contributed by atoms with Gasteiger partial charge in [0.15, 0.2) is 0 Å². The number of nitrogens with zero attached hydrogens (tertiary/aromatic N) is 1. The summed E-state index contributed by atoms with van der Waals surface area (Å²) < 4.78 is 76.3. The molecule has 3 rings (SSSR count). The fraction of sp³-hybridized carbons (Fsp3) is 0.118. The third-order valence-electron chi connectivity index (χ3n) is 3.75. The van der Waals surface area contributed by atoms with Crippen molar-refractivity contribution in [3.05, 3.63) is 58.7 Å². The zero-order chi connectivity index (χ0) is 20.0. The lowest BCUT2D eigenvalue weighted by Crippen LogP contribution is -2.13. The molecule has 0 amide bonds. The zero-order valence-electron chi connectivity index (χ0n) is 13.7. The van der Waals surface area contributed by atoms with Gasteiger partial charge < -0.3 is 0 Å². The molecule has 0 saturated heterocycles. The summed E-state index contributed by atoms with van der Waals surface area (Å²) in [6, 6.07) is 6.47. The van der Waals surface area contributed by atoms with E-state index in [-0.39, 0.29) is 26.7 Å². The van der Waals surface area contributed by atoms with Crippen LogP contribution >= 0.6 is 11.3 Å². The second-order valence-electron chi connectivity index (χ2n) is 5.77. The number of benzene rings is 2. The summed E-state index contributed by atoms with van der Waals surface area (Å²) in [4.78, 5) is 3.97. The molecule has 10 heteroatoms. The molecule has 0 saturated carbocycles. The highest BCUT2D eigenvalue weighted by atomic mass is 32.2. The van der Waals surface area contributed by atoms with Crippen LogP contribution in [0.4, 0.5) is 17.6 Å². The first-order valence-electron chi connectivity index (χ1n) is 7.43. The van der Waals surface area contributed by atoms with Crippen molar-refractivity contribution < 1.29 is 26.0 Å². The van der Waals surface area contributed by atoms with E-state index in [0.29, 0.717) is 12.1 Å². The molecule has 27 heavy (non-hydrogen) atoms. The summed E-state index contributed by atoms with van der Waals surface area (Å²) in [5.41, 5.74) is -0.410. The smallest absolute Gasteiger partial charge is 0.236 e. The topological polar surface area (TPSA) is 73.1 Å². The predicted octanol–water partition coefficient (Wildman–Crippen LogP) is 4.59. The molecule has 142 valence electrons. The van der Waals surface area contributed by atoms with Gasteiger partial charge in [0.25, 0.3) is 0 Å². The van der Waals surface area contributed by atoms with E-state index in [9.17, 15) is 26.0 Å². The number of primary sulfonamides is 1. The highest BCUT2D eigenvalue weighted by Crippen LogP contribution is 2.36. The van der Waals surface area contributed by atoms with Crippen LogP contribution in [0.2, 0.25) is 0 Å². The number of nitrogens with two attached hydrogens (primary N) is 1. The first-order valence-corrected chi connectivity index (χ1v) is 9.86. The molecule has 0 radical (unpaired) electrons. The van der Waals surface area contributed by atoms with Crippen molar-refractivity contribution in [2.75, 3.05) is 0 Å². The monoisotopic (exact) mass is 416 g/mol. The van der Waals surface area contributed by atoms with E-state index in [0.717, 1.165) is 23.0 Å². The summed E-state index contributed by atoms with van der Waals surface area (Å²) in [6.45, 7) is 1.73. The minimum Gasteiger partial charge on any atom is -0.236 e. The molecule has 0 aliphatic carbocycles. The summed E-state index contributed by atoms with van der Waals surface area (Å²) >= 11 is 0.979. The molecule has 1 aromatic heterocycles. The van der Waals surface area contributed by atoms with Gasteiger partial charge in [-0.3, -0.25) is 0 Å². The van der Waals surface area contributed by atoms with Crippen LogP contribution in [0.3, 0.4) is 0 Å². The van der Waals surface area contributed by atoms with Crippen molar-refractivity contribution in [2.24, 2.45) is 5.14 Å². The van der Waals surface area contributed by atoms with Gasteiger partial charge >= 0.3 is 6.18 Å². The molecule has 3 aromatic rings. The van der Waals surface area contributed by atoms with E-state index in [1.54, 1.807) is 19.1 Å². The Kier molecular flexibility index (Phi) is 4.83. The number of aryl methyl sites for hydroxylation is 1. The maximum absolute atomic E-state index is 14.1. The molecule has 0 unspecified atom stereocenters. The van der Waals surface area contributed by atoms with Gasteiger partial charge in [-0.1, -0.05) is 11.6 Å². The van der Waals surface area contributed by atoms with Gasteiger partial charge in [-0.15, -0.1) is 11.3 Å². The summed E-state index contributed by atoms with van der Waals surface area (Å²) in [6.07, 6.45) is -4.63. The van der Waals surface area contributed by atoms with Crippen LogP contribution in [0.15, 0.2) is 46.7 Å². The van der Waals surface area contributed by atoms with Crippen molar-refractivity contribution in [3.8, 4) is 21.8 Å². The minimum atomic E-state index is -4.63. The molecule has 0 aliphatic rings. The average molecular weight is 416 g/mol.